The zero-order valence-corrected chi connectivity index (χ0v) is 22.5. The molecule has 2 unspecified atom stereocenters. The van der Waals surface area contributed by atoms with Gasteiger partial charge in [0, 0.05) is 23.0 Å². The second kappa shape index (κ2) is 10.2. The fourth-order valence-corrected chi connectivity index (χ4v) is 8.42. The van der Waals surface area contributed by atoms with Gasteiger partial charge in [-0.25, -0.2) is 17.2 Å². The van der Waals surface area contributed by atoms with Gasteiger partial charge < -0.3 is 15.5 Å². The van der Waals surface area contributed by atoms with Crippen molar-refractivity contribution in [3.8, 4) is 0 Å². The number of aliphatic hydroxyl groups excluding tert-OH is 1. The van der Waals surface area contributed by atoms with Crippen LogP contribution in [0.3, 0.4) is 0 Å². The van der Waals surface area contributed by atoms with Crippen LogP contribution in [0.4, 0.5) is 14.5 Å². The first-order valence-corrected chi connectivity index (χ1v) is 14.5. The highest BCUT2D eigenvalue weighted by Crippen LogP contribution is 2.56. The van der Waals surface area contributed by atoms with E-state index in [0.717, 1.165) is 12.1 Å². The molecule has 1 heterocycles. The first kappa shape index (κ1) is 27.6. The predicted molar refractivity (Wildman–Crippen MR) is 141 cm³/mol. The maximum Gasteiger partial charge on any atom is 0.255 e. The Kier molecular flexibility index (Phi) is 7.26. The monoisotopic (exact) mass is 576 g/mol. The van der Waals surface area contributed by atoms with Gasteiger partial charge >= 0.3 is 0 Å². The van der Waals surface area contributed by atoms with Crippen LogP contribution in [0.2, 0.25) is 5.02 Å². The van der Waals surface area contributed by atoms with Crippen LogP contribution >= 0.6 is 11.6 Å². The van der Waals surface area contributed by atoms with Gasteiger partial charge in [-0.2, -0.15) is 0 Å². The normalized spacial score (nSPS) is 25.3. The fourth-order valence-electron chi connectivity index (χ4n) is 6.01. The molecule has 5 atom stereocenters. The minimum absolute atomic E-state index is 0.00283. The summed E-state index contributed by atoms with van der Waals surface area (Å²) in [5.41, 5.74) is -0.495. The molecule has 1 aromatic heterocycles. The lowest BCUT2D eigenvalue weighted by Gasteiger charge is -2.45. The molecule has 39 heavy (non-hydrogen) atoms. The van der Waals surface area contributed by atoms with Crippen molar-refractivity contribution in [1.82, 2.24) is 4.98 Å². The van der Waals surface area contributed by atoms with Gasteiger partial charge in [-0.3, -0.25) is 9.78 Å². The van der Waals surface area contributed by atoms with E-state index in [4.69, 9.17) is 11.6 Å². The van der Waals surface area contributed by atoms with Crippen molar-refractivity contribution < 1.29 is 32.2 Å². The van der Waals surface area contributed by atoms with Gasteiger partial charge in [-0.05, 0) is 86.9 Å². The van der Waals surface area contributed by atoms with E-state index in [2.05, 4.69) is 10.3 Å². The third kappa shape index (κ3) is 4.95. The topological polar surface area (TPSA) is 117 Å². The molecule has 0 saturated heterocycles. The van der Waals surface area contributed by atoms with Gasteiger partial charge in [0.25, 0.3) is 5.91 Å². The van der Waals surface area contributed by atoms with E-state index in [0.29, 0.717) is 24.2 Å². The number of pyridine rings is 1. The zero-order chi connectivity index (χ0) is 28.1. The molecular formula is C28H27ClF2N2O5S. The molecule has 0 aliphatic heterocycles. The van der Waals surface area contributed by atoms with Crippen LogP contribution in [0.5, 0.6) is 0 Å². The number of nitrogens with one attached hydrogen (secondary N) is 1. The number of hydrogen-bond donors (Lipinski definition) is 3. The molecule has 11 heteroatoms. The first-order chi connectivity index (χ1) is 18.4. The van der Waals surface area contributed by atoms with Crippen molar-refractivity contribution in [3.05, 3.63) is 88.2 Å². The Bertz CT molecular complexity index is 1540. The Balaban J connectivity index is 1.39. The van der Waals surface area contributed by atoms with Crippen LogP contribution in [0.25, 0.3) is 0 Å². The van der Waals surface area contributed by atoms with Crippen LogP contribution in [0.15, 0.2) is 59.5 Å². The maximum absolute atomic E-state index is 13.8. The average molecular weight is 577 g/mol. The van der Waals surface area contributed by atoms with Gasteiger partial charge in [-0.1, -0.05) is 17.7 Å². The second-order valence-corrected chi connectivity index (χ2v) is 12.9. The lowest BCUT2D eigenvalue weighted by Crippen LogP contribution is -2.52. The number of rotatable bonds is 6. The highest BCUT2D eigenvalue weighted by atomic mass is 35.5. The number of carbonyl (C=O) groups excluding carboxylic acids is 1. The molecule has 7 nitrogen and oxygen atoms in total. The summed E-state index contributed by atoms with van der Waals surface area (Å²) in [6, 6.07) is 11.9. The van der Waals surface area contributed by atoms with E-state index in [1.54, 1.807) is 25.1 Å². The summed E-state index contributed by atoms with van der Waals surface area (Å²) >= 11 is 6.29. The van der Waals surface area contributed by atoms with Gasteiger partial charge in [0.2, 0.25) is 0 Å². The summed E-state index contributed by atoms with van der Waals surface area (Å²) in [4.78, 5) is 16.9. The summed E-state index contributed by atoms with van der Waals surface area (Å²) in [5.74, 6) is -3.88. The highest BCUT2D eigenvalue weighted by Gasteiger charge is 2.59. The number of carbonyl (C=O) groups is 1. The molecule has 3 N–H and O–H groups in total. The lowest BCUT2D eigenvalue weighted by atomic mass is 9.70. The number of fused-ring (bicyclic) bond motifs is 2. The summed E-state index contributed by atoms with van der Waals surface area (Å²) in [6.07, 6.45) is 0.0751. The Morgan fingerprint density at radius 2 is 1.77 bits per heavy atom. The number of aromatic nitrogens is 1. The summed E-state index contributed by atoms with van der Waals surface area (Å²) < 4.78 is 54.3. The largest absolute Gasteiger partial charge is 0.386 e. The molecule has 2 aliphatic rings. The third-order valence-electron chi connectivity index (χ3n) is 8.01. The number of anilines is 1. The number of amides is 1. The maximum atomic E-state index is 13.8. The van der Waals surface area contributed by atoms with E-state index in [-0.39, 0.29) is 34.0 Å². The molecule has 0 spiro atoms. The van der Waals surface area contributed by atoms with Crippen molar-refractivity contribution in [3.63, 3.8) is 0 Å². The van der Waals surface area contributed by atoms with E-state index < -0.39 is 56.2 Å². The number of sulfone groups is 1. The van der Waals surface area contributed by atoms with Crippen molar-refractivity contribution >= 4 is 33.0 Å². The highest BCUT2D eigenvalue weighted by molar-refractivity contribution is 7.92. The zero-order valence-electron chi connectivity index (χ0n) is 20.9. The minimum Gasteiger partial charge on any atom is -0.386 e. The van der Waals surface area contributed by atoms with Crippen LogP contribution < -0.4 is 5.32 Å². The number of aryl methyl sites for hydroxylation is 1. The van der Waals surface area contributed by atoms with Crippen molar-refractivity contribution in [2.75, 3.05) is 5.32 Å². The molecule has 2 saturated carbocycles. The molecule has 206 valence electrons. The molecule has 1 amide bonds. The molecule has 0 radical (unpaired) electrons. The number of benzene rings is 2. The third-order valence-corrected chi connectivity index (χ3v) is 10.7. The summed E-state index contributed by atoms with van der Waals surface area (Å²) in [7, 11) is -4.04. The second-order valence-electron chi connectivity index (χ2n) is 10.3. The average Bonchev–Trinajstić information content (AvgIpc) is 3.05. The minimum atomic E-state index is -4.04. The van der Waals surface area contributed by atoms with E-state index in [1.807, 2.05) is 0 Å². The predicted octanol–water partition coefficient (Wildman–Crippen LogP) is 5.00. The van der Waals surface area contributed by atoms with E-state index >= 15 is 0 Å². The van der Waals surface area contributed by atoms with Gasteiger partial charge in [0.05, 0.1) is 20.9 Å². The molecule has 5 rings (SSSR count). The van der Waals surface area contributed by atoms with Crippen molar-refractivity contribution in [2.45, 2.75) is 54.5 Å². The summed E-state index contributed by atoms with van der Waals surface area (Å²) in [5, 5.41) is 24.3. The van der Waals surface area contributed by atoms with Crippen molar-refractivity contribution in [1.29, 1.82) is 0 Å². The smallest absolute Gasteiger partial charge is 0.255 e. The molecule has 2 bridgehead atoms. The van der Waals surface area contributed by atoms with E-state index in [9.17, 15) is 32.2 Å². The fraction of sp³-hybridized carbons (Fsp3) is 0.357. The standard InChI is InChI=1S/C28H27ClF2N2O5S/c1-15-3-2-4-24(32-15)26(34)28(36)17-6-7-18(28)13-20(12-17)39(37,38)25-11-16(5-9-21(25)29)27(35)33-19-8-10-22(30)23(31)14-19/h2-5,8-11,14,17-18,20,26,34,36H,6-7,12-13H2,1H3,(H,33,35)/t17-,18+,20?,26-,28?/m0/s1. The van der Waals surface area contributed by atoms with Crippen LogP contribution in [0.1, 0.15) is 53.5 Å². The Labute approximate surface area is 229 Å². The Morgan fingerprint density at radius 3 is 2.41 bits per heavy atom. The van der Waals surface area contributed by atoms with Crippen LogP contribution in [-0.4, -0.2) is 40.4 Å². The molecule has 3 aromatic rings. The van der Waals surface area contributed by atoms with Gasteiger partial charge in [0.15, 0.2) is 21.5 Å². The Morgan fingerprint density at radius 1 is 1.08 bits per heavy atom. The number of halogens is 3. The number of nitrogens with zero attached hydrogens (tertiary/aromatic N) is 1. The lowest BCUT2D eigenvalue weighted by molar-refractivity contribution is -0.145. The van der Waals surface area contributed by atoms with Gasteiger partial charge in [-0.15, -0.1) is 0 Å². The molecule has 2 aromatic carbocycles. The number of aliphatic hydroxyl groups is 2. The molecular weight excluding hydrogens is 550 g/mol. The summed E-state index contributed by atoms with van der Waals surface area (Å²) in [6.45, 7) is 1.79. The SMILES string of the molecule is Cc1cccc([C@H](O)C2(O)[C@@H]3CC[C@H]2CC(S(=O)(=O)c2cc(C(=O)Nc4ccc(F)c(F)c4)ccc2Cl)C3)n1. The Hall–Kier alpha value is -2.92. The molecule has 2 fully saturated rings. The molecule has 2 aliphatic carbocycles. The van der Waals surface area contributed by atoms with Crippen LogP contribution in [0, 0.1) is 30.4 Å². The first-order valence-electron chi connectivity index (χ1n) is 12.5. The number of hydrogen-bond acceptors (Lipinski definition) is 6. The van der Waals surface area contributed by atoms with E-state index in [1.165, 1.54) is 24.3 Å². The van der Waals surface area contributed by atoms with Crippen LogP contribution in [-0.2, 0) is 9.84 Å². The van der Waals surface area contributed by atoms with Crippen molar-refractivity contribution in [2.24, 2.45) is 11.8 Å². The quantitative estimate of drug-likeness (QED) is 0.380. The van der Waals surface area contributed by atoms with Gasteiger partial charge in [0.1, 0.15) is 11.7 Å².